The maximum atomic E-state index is 11.0. The number of esters is 1. The largest absolute Gasteiger partial charge is 0.469 e. The second-order valence-corrected chi connectivity index (χ2v) is 4.58. The number of nitrogens with two attached hydrogens (primary N) is 1. The summed E-state index contributed by atoms with van der Waals surface area (Å²) in [4.78, 5) is 13.3. The van der Waals surface area contributed by atoms with Crippen molar-refractivity contribution in [2.45, 2.75) is 25.8 Å². The van der Waals surface area contributed by atoms with Gasteiger partial charge in [0.1, 0.15) is 0 Å². The molecular weight excluding hydrogens is 240 g/mol. The van der Waals surface area contributed by atoms with E-state index in [1.807, 2.05) is 18.2 Å². The third kappa shape index (κ3) is 6.94. The van der Waals surface area contributed by atoms with Crippen LogP contribution in [0.15, 0.2) is 30.3 Å². The second kappa shape index (κ2) is 9.53. The molecule has 0 bridgehead atoms. The smallest absolute Gasteiger partial charge is 0.305 e. The molecule has 1 rings (SSSR count). The van der Waals surface area contributed by atoms with Crippen LogP contribution < -0.4 is 5.73 Å². The number of ether oxygens (including phenoxy) is 1. The summed E-state index contributed by atoms with van der Waals surface area (Å²) in [5, 5.41) is 0. The first-order valence-corrected chi connectivity index (χ1v) is 6.79. The fraction of sp³-hybridized carbons (Fsp3) is 0.533. The minimum Gasteiger partial charge on any atom is -0.469 e. The molecule has 0 saturated carbocycles. The van der Waals surface area contributed by atoms with Gasteiger partial charge in [0.25, 0.3) is 0 Å². The van der Waals surface area contributed by atoms with Crippen LogP contribution in [-0.4, -0.2) is 37.6 Å². The first-order chi connectivity index (χ1) is 9.26. The molecule has 0 aliphatic heterocycles. The van der Waals surface area contributed by atoms with Crippen LogP contribution in [0.5, 0.6) is 0 Å². The summed E-state index contributed by atoms with van der Waals surface area (Å²) in [6.45, 7) is 3.41. The molecule has 4 heteroatoms. The van der Waals surface area contributed by atoms with Gasteiger partial charge < -0.3 is 10.5 Å². The maximum Gasteiger partial charge on any atom is 0.305 e. The molecule has 4 nitrogen and oxygen atoms in total. The predicted molar refractivity (Wildman–Crippen MR) is 76.6 cm³/mol. The standard InChI is InChI=1S/C15H24N2O2/c1-19-15(18)9-5-6-11-17(12-10-16)13-14-7-3-2-4-8-14/h2-4,7-8H,5-6,9-13,16H2,1H3. The van der Waals surface area contributed by atoms with Gasteiger partial charge in [-0.3, -0.25) is 9.69 Å². The molecule has 19 heavy (non-hydrogen) atoms. The summed E-state index contributed by atoms with van der Waals surface area (Å²) in [5.41, 5.74) is 6.94. The van der Waals surface area contributed by atoms with Gasteiger partial charge in [0.15, 0.2) is 0 Å². The highest BCUT2D eigenvalue weighted by Crippen LogP contribution is 2.06. The highest BCUT2D eigenvalue weighted by atomic mass is 16.5. The van der Waals surface area contributed by atoms with Crippen molar-refractivity contribution in [2.24, 2.45) is 5.73 Å². The first-order valence-electron chi connectivity index (χ1n) is 6.79. The second-order valence-electron chi connectivity index (χ2n) is 4.58. The van der Waals surface area contributed by atoms with Crippen molar-refractivity contribution in [1.29, 1.82) is 0 Å². The van der Waals surface area contributed by atoms with Crippen molar-refractivity contribution < 1.29 is 9.53 Å². The zero-order chi connectivity index (χ0) is 13.9. The van der Waals surface area contributed by atoms with E-state index in [4.69, 9.17) is 5.73 Å². The van der Waals surface area contributed by atoms with Crippen LogP contribution in [-0.2, 0) is 16.1 Å². The maximum absolute atomic E-state index is 11.0. The molecule has 0 aliphatic rings. The van der Waals surface area contributed by atoms with Crippen LogP contribution in [0.4, 0.5) is 0 Å². The molecular formula is C15H24N2O2. The van der Waals surface area contributed by atoms with Crippen LogP contribution in [0.1, 0.15) is 24.8 Å². The molecule has 0 saturated heterocycles. The Morgan fingerprint density at radius 1 is 1.21 bits per heavy atom. The van der Waals surface area contributed by atoms with Crippen molar-refractivity contribution in [1.82, 2.24) is 4.90 Å². The molecule has 0 amide bonds. The van der Waals surface area contributed by atoms with Gasteiger partial charge in [0.05, 0.1) is 7.11 Å². The molecule has 0 radical (unpaired) electrons. The topological polar surface area (TPSA) is 55.6 Å². The van der Waals surface area contributed by atoms with E-state index in [9.17, 15) is 4.79 Å². The van der Waals surface area contributed by atoms with Gasteiger partial charge in [-0.15, -0.1) is 0 Å². The Morgan fingerprint density at radius 2 is 1.95 bits per heavy atom. The normalized spacial score (nSPS) is 10.7. The van der Waals surface area contributed by atoms with Crippen molar-refractivity contribution >= 4 is 5.97 Å². The highest BCUT2D eigenvalue weighted by molar-refractivity contribution is 5.68. The van der Waals surface area contributed by atoms with E-state index in [1.165, 1.54) is 12.7 Å². The molecule has 0 aliphatic carbocycles. The molecule has 0 atom stereocenters. The summed E-state index contributed by atoms with van der Waals surface area (Å²) in [6, 6.07) is 10.4. The molecule has 106 valence electrons. The molecule has 0 heterocycles. The first kappa shape index (κ1) is 15.7. The summed E-state index contributed by atoms with van der Waals surface area (Å²) in [6.07, 6.45) is 2.35. The number of methoxy groups -OCH3 is 1. The van der Waals surface area contributed by atoms with Gasteiger partial charge >= 0.3 is 5.97 Å². The summed E-state index contributed by atoms with van der Waals surface area (Å²) < 4.78 is 4.63. The van der Waals surface area contributed by atoms with Crippen LogP contribution in [0.25, 0.3) is 0 Å². The quantitative estimate of drug-likeness (QED) is 0.546. The Labute approximate surface area is 115 Å². The molecule has 1 aromatic rings. The highest BCUT2D eigenvalue weighted by Gasteiger charge is 2.06. The van der Waals surface area contributed by atoms with Crippen molar-refractivity contribution in [3.8, 4) is 0 Å². The molecule has 1 aromatic carbocycles. The van der Waals surface area contributed by atoms with E-state index < -0.39 is 0 Å². The zero-order valence-corrected chi connectivity index (χ0v) is 11.7. The SMILES string of the molecule is COC(=O)CCCCN(CCN)Cc1ccccc1. The third-order valence-electron chi connectivity index (χ3n) is 3.03. The Kier molecular flexibility index (Phi) is 7.86. The summed E-state index contributed by atoms with van der Waals surface area (Å²) >= 11 is 0. The average Bonchev–Trinajstić information content (AvgIpc) is 2.44. The predicted octanol–water partition coefficient (Wildman–Crippen LogP) is 1.79. The minimum absolute atomic E-state index is 0.131. The molecule has 0 unspecified atom stereocenters. The summed E-state index contributed by atoms with van der Waals surface area (Å²) in [7, 11) is 1.43. The van der Waals surface area contributed by atoms with Crippen LogP contribution >= 0.6 is 0 Å². The van der Waals surface area contributed by atoms with E-state index in [0.717, 1.165) is 32.5 Å². The average molecular weight is 264 g/mol. The van der Waals surface area contributed by atoms with Gasteiger partial charge in [0.2, 0.25) is 0 Å². The van der Waals surface area contributed by atoms with Crippen LogP contribution in [0.2, 0.25) is 0 Å². The van der Waals surface area contributed by atoms with Crippen molar-refractivity contribution in [3.63, 3.8) is 0 Å². The lowest BCUT2D eigenvalue weighted by Crippen LogP contribution is -2.30. The van der Waals surface area contributed by atoms with E-state index in [1.54, 1.807) is 0 Å². The lowest BCUT2D eigenvalue weighted by atomic mass is 10.2. The minimum atomic E-state index is -0.131. The molecule has 0 spiro atoms. The van der Waals surface area contributed by atoms with Crippen LogP contribution in [0.3, 0.4) is 0 Å². The number of rotatable bonds is 9. The van der Waals surface area contributed by atoms with E-state index in [2.05, 4.69) is 21.8 Å². The number of carbonyl (C=O) groups excluding carboxylic acids is 1. The lowest BCUT2D eigenvalue weighted by Gasteiger charge is -2.21. The van der Waals surface area contributed by atoms with Gasteiger partial charge in [-0.2, -0.15) is 0 Å². The monoisotopic (exact) mass is 264 g/mol. The number of hydrogen-bond acceptors (Lipinski definition) is 4. The van der Waals surface area contributed by atoms with Crippen molar-refractivity contribution in [3.05, 3.63) is 35.9 Å². The number of hydrogen-bond donors (Lipinski definition) is 1. The number of benzene rings is 1. The van der Waals surface area contributed by atoms with Gasteiger partial charge in [-0.05, 0) is 24.9 Å². The van der Waals surface area contributed by atoms with E-state index >= 15 is 0 Å². The molecule has 0 fully saturated rings. The van der Waals surface area contributed by atoms with Gasteiger partial charge in [-0.1, -0.05) is 30.3 Å². The van der Waals surface area contributed by atoms with E-state index in [0.29, 0.717) is 13.0 Å². The number of carbonyl (C=O) groups is 1. The zero-order valence-electron chi connectivity index (χ0n) is 11.7. The fourth-order valence-corrected chi connectivity index (χ4v) is 2.00. The van der Waals surface area contributed by atoms with Crippen LogP contribution in [0, 0.1) is 0 Å². The van der Waals surface area contributed by atoms with Gasteiger partial charge in [-0.25, -0.2) is 0 Å². The Bertz CT molecular complexity index is 354. The molecule has 0 aromatic heterocycles. The lowest BCUT2D eigenvalue weighted by molar-refractivity contribution is -0.140. The van der Waals surface area contributed by atoms with Gasteiger partial charge in [0, 0.05) is 26.1 Å². The van der Waals surface area contributed by atoms with Crippen molar-refractivity contribution in [2.75, 3.05) is 26.7 Å². The fourth-order valence-electron chi connectivity index (χ4n) is 2.00. The Hall–Kier alpha value is -1.39. The third-order valence-corrected chi connectivity index (χ3v) is 3.03. The van der Waals surface area contributed by atoms with E-state index in [-0.39, 0.29) is 5.97 Å². The summed E-state index contributed by atoms with van der Waals surface area (Å²) in [5.74, 6) is -0.131. The Balaban J connectivity index is 2.30. The number of unbranched alkanes of at least 4 members (excludes halogenated alkanes) is 1. The molecule has 2 N–H and O–H groups in total. The number of nitrogens with zero attached hydrogens (tertiary/aromatic N) is 1. The Morgan fingerprint density at radius 3 is 2.58 bits per heavy atom.